The molecule has 1 saturated heterocycles. The molecule has 3 heterocycles. The predicted octanol–water partition coefficient (Wildman–Crippen LogP) is 4.99. The van der Waals surface area contributed by atoms with Crippen LogP contribution < -0.4 is 16.4 Å². The van der Waals surface area contributed by atoms with Crippen LogP contribution in [0.5, 0.6) is 0 Å². The Morgan fingerprint density at radius 2 is 1.58 bits per heavy atom. The number of carbonyl (C=O) groups is 1. The van der Waals surface area contributed by atoms with E-state index in [-0.39, 0.29) is 11.9 Å². The van der Waals surface area contributed by atoms with Crippen molar-refractivity contribution in [3.05, 3.63) is 41.2 Å². The molecule has 38 heavy (non-hydrogen) atoms. The number of anilines is 2. The van der Waals surface area contributed by atoms with Crippen molar-refractivity contribution in [3.8, 4) is 0 Å². The van der Waals surface area contributed by atoms with Crippen LogP contribution in [0.2, 0.25) is 5.02 Å². The molecule has 9 nitrogen and oxygen atoms in total. The van der Waals surface area contributed by atoms with Crippen molar-refractivity contribution in [1.82, 2.24) is 24.4 Å². The molecule has 6 rings (SSSR count). The first kappa shape index (κ1) is 25.4. The summed E-state index contributed by atoms with van der Waals surface area (Å²) < 4.78 is 2.25. The molecule has 10 heteroatoms. The van der Waals surface area contributed by atoms with Crippen molar-refractivity contribution in [2.75, 3.05) is 23.7 Å². The number of fused-ring (bicyclic) bond motifs is 1. The average Bonchev–Trinajstić information content (AvgIpc) is 3.61. The number of hydrogen-bond acceptors (Lipinski definition) is 7. The first-order valence-electron chi connectivity index (χ1n) is 14.1. The molecule has 0 atom stereocenters. The Hall–Kier alpha value is -2.91. The molecule has 1 aliphatic heterocycles. The van der Waals surface area contributed by atoms with Gasteiger partial charge in [-0.2, -0.15) is 9.97 Å². The summed E-state index contributed by atoms with van der Waals surface area (Å²) in [6.07, 6.45) is 12.6. The van der Waals surface area contributed by atoms with Gasteiger partial charge < -0.3 is 25.8 Å². The second kappa shape index (κ2) is 11.1. The van der Waals surface area contributed by atoms with Crippen LogP contribution in [0.1, 0.15) is 80.6 Å². The molecule has 3 fully saturated rings. The maximum absolute atomic E-state index is 12.9. The molecule has 2 saturated carbocycles. The molecule has 0 unspecified atom stereocenters. The largest absolute Gasteiger partial charge is 0.365 e. The third-order valence-electron chi connectivity index (χ3n) is 8.46. The van der Waals surface area contributed by atoms with E-state index in [1.54, 1.807) is 24.3 Å². The van der Waals surface area contributed by atoms with Gasteiger partial charge in [-0.15, -0.1) is 0 Å². The van der Waals surface area contributed by atoms with Gasteiger partial charge in [0.2, 0.25) is 5.95 Å². The SMILES string of the molecule is NC1CCC(Nc2nc(NC3CCN(C(=O)c4ccc(Cl)cc4)CC3)c3ncn(C4CCCC4)c3n2)CC1. The van der Waals surface area contributed by atoms with E-state index >= 15 is 0 Å². The normalized spacial score (nSPS) is 23.2. The molecule has 4 N–H and O–H groups in total. The summed E-state index contributed by atoms with van der Waals surface area (Å²) in [5, 5.41) is 7.91. The molecule has 2 aromatic heterocycles. The van der Waals surface area contributed by atoms with Gasteiger partial charge in [0.05, 0.1) is 6.33 Å². The number of likely N-dealkylation sites (tertiary alicyclic amines) is 1. The number of benzene rings is 1. The van der Waals surface area contributed by atoms with Gasteiger partial charge in [-0.3, -0.25) is 4.79 Å². The quantitative estimate of drug-likeness (QED) is 0.406. The fourth-order valence-corrected chi connectivity index (χ4v) is 6.30. The van der Waals surface area contributed by atoms with Crippen molar-refractivity contribution in [2.45, 2.75) is 88.4 Å². The number of piperidine rings is 1. The zero-order valence-corrected chi connectivity index (χ0v) is 22.5. The fourth-order valence-electron chi connectivity index (χ4n) is 6.17. The number of aromatic nitrogens is 4. The van der Waals surface area contributed by atoms with Crippen LogP contribution >= 0.6 is 11.6 Å². The summed E-state index contributed by atoms with van der Waals surface area (Å²) in [6, 6.07) is 8.41. The molecule has 2 aliphatic carbocycles. The van der Waals surface area contributed by atoms with Gasteiger partial charge >= 0.3 is 0 Å². The van der Waals surface area contributed by atoms with E-state index < -0.39 is 0 Å². The number of nitrogens with zero attached hydrogens (tertiary/aromatic N) is 5. The van der Waals surface area contributed by atoms with Crippen LogP contribution in [0, 0.1) is 0 Å². The molecular formula is C28H37ClN8O. The zero-order chi connectivity index (χ0) is 26.1. The highest BCUT2D eigenvalue weighted by Crippen LogP contribution is 2.34. The van der Waals surface area contributed by atoms with Gasteiger partial charge in [0, 0.05) is 47.8 Å². The van der Waals surface area contributed by atoms with Crippen LogP contribution in [0.4, 0.5) is 11.8 Å². The number of nitrogens with two attached hydrogens (primary N) is 1. The van der Waals surface area contributed by atoms with Gasteiger partial charge in [-0.1, -0.05) is 24.4 Å². The lowest BCUT2D eigenvalue weighted by atomic mass is 9.92. The summed E-state index contributed by atoms with van der Waals surface area (Å²) >= 11 is 5.99. The van der Waals surface area contributed by atoms with Crippen molar-refractivity contribution in [1.29, 1.82) is 0 Å². The maximum atomic E-state index is 12.9. The monoisotopic (exact) mass is 536 g/mol. The summed E-state index contributed by atoms with van der Waals surface area (Å²) in [5.41, 5.74) is 8.53. The van der Waals surface area contributed by atoms with E-state index in [0.717, 1.165) is 55.5 Å². The number of nitrogens with one attached hydrogen (secondary N) is 2. The lowest BCUT2D eigenvalue weighted by molar-refractivity contribution is 0.0718. The van der Waals surface area contributed by atoms with Crippen molar-refractivity contribution in [2.24, 2.45) is 5.73 Å². The highest BCUT2D eigenvalue weighted by atomic mass is 35.5. The summed E-state index contributed by atoms with van der Waals surface area (Å²) in [5.74, 6) is 1.50. The smallest absolute Gasteiger partial charge is 0.253 e. The summed E-state index contributed by atoms with van der Waals surface area (Å²) in [4.78, 5) is 29.5. The second-order valence-corrected chi connectivity index (χ2v) is 11.6. The van der Waals surface area contributed by atoms with E-state index in [1.807, 2.05) is 11.2 Å². The van der Waals surface area contributed by atoms with Crippen LogP contribution in [0.3, 0.4) is 0 Å². The molecule has 0 radical (unpaired) electrons. The highest BCUT2D eigenvalue weighted by Gasteiger charge is 2.27. The summed E-state index contributed by atoms with van der Waals surface area (Å²) in [6.45, 7) is 1.38. The Morgan fingerprint density at radius 3 is 2.29 bits per heavy atom. The Labute approximate surface area is 228 Å². The minimum atomic E-state index is 0.0542. The molecule has 3 aromatic rings. The molecule has 202 valence electrons. The Bertz CT molecular complexity index is 1260. The minimum absolute atomic E-state index is 0.0542. The van der Waals surface area contributed by atoms with Gasteiger partial charge in [-0.25, -0.2) is 4.98 Å². The number of hydrogen-bond donors (Lipinski definition) is 3. The molecule has 3 aliphatic rings. The van der Waals surface area contributed by atoms with Gasteiger partial charge in [0.1, 0.15) is 0 Å². The molecular weight excluding hydrogens is 500 g/mol. The number of imidazole rings is 1. The lowest BCUT2D eigenvalue weighted by Crippen LogP contribution is -2.42. The number of rotatable bonds is 6. The van der Waals surface area contributed by atoms with Crippen LogP contribution in [0.15, 0.2) is 30.6 Å². The number of amides is 1. The van der Waals surface area contributed by atoms with Crippen molar-refractivity contribution < 1.29 is 4.79 Å². The van der Waals surface area contributed by atoms with Gasteiger partial charge in [0.25, 0.3) is 5.91 Å². The number of halogens is 1. The van der Waals surface area contributed by atoms with Gasteiger partial charge in [-0.05, 0) is 75.6 Å². The molecule has 0 bridgehead atoms. The van der Waals surface area contributed by atoms with E-state index in [2.05, 4.69) is 15.2 Å². The van der Waals surface area contributed by atoms with E-state index in [4.69, 9.17) is 32.3 Å². The molecule has 1 aromatic carbocycles. The lowest BCUT2D eigenvalue weighted by Gasteiger charge is -2.33. The third kappa shape index (κ3) is 5.45. The molecule has 0 spiro atoms. The highest BCUT2D eigenvalue weighted by molar-refractivity contribution is 6.30. The van der Waals surface area contributed by atoms with Crippen LogP contribution in [-0.2, 0) is 0 Å². The first-order valence-corrected chi connectivity index (χ1v) is 14.5. The third-order valence-corrected chi connectivity index (χ3v) is 8.71. The topological polar surface area (TPSA) is 114 Å². The van der Waals surface area contributed by atoms with Crippen molar-refractivity contribution >= 4 is 40.4 Å². The fraction of sp³-hybridized carbons (Fsp3) is 0.571. The summed E-state index contributed by atoms with van der Waals surface area (Å²) in [7, 11) is 0. The first-order chi connectivity index (χ1) is 18.5. The molecule has 1 amide bonds. The van der Waals surface area contributed by atoms with Gasteiger partial charge in [0.15, 0.2) is 17.0 Å². The maximum Gasteiger partial charge on any atom is 0.253 e. The minimum Gasteiger partial charge on any atom is -0.365 e. The van der Waals surface area contributed by atoms with E-state index in [0.29, 0.717) is 47.7 Å². The van der Waals surface area contributed by atoms with E-state index in [9.17, 15) is 4.79 Å². The Balaban J connectivity index is 1.19. The van der Waals surface area contributed by atoms with Crippen LogP contribution in [0.25, 0.3) is 11.2 Å². The Kier molecular flexibility index (Phi) is 7.39. The zero-order valence-electron chi connectivity index (χ0n) is 21.8. The van der Waals surface area contributed by atoms with E-state index in [1.165, 1.54) is 25.7 Å². The number of carbonyl (C=O) groups excluding carboxylic acids is 1. The van der Waals surface area contributed by atoms with Crippen molar-refractivity contribution in [3.63, 3.8) is 0 Å². The second-order valence-electron chi connectivity index (χ2n) is 11.1. The predicted molar refractivity (Wildman–Crippen MR) is 151 cm³/mol. The average molecular weight is 537 g/mol. The standard InChI is InChI=1S/C28H37ClN8O/c29-19-7-5-18(6-8-19)27(38)36-15-13-22(14-16-36)32-25-24-26(37(17-31-24)23-3-1-2-4-23)35-28(34-25)33-21-11-9-20(30)10-12-21/h5-8,17,20-23H,1-4,9-16,30H2,(H2,32,33,34,35). The van der Waals surface area contributed by atoms with Crippen LogP contribution in [-0.4, -0.2) is 61.5 Å². The Morgan fingerprint density at radius 1 is 0.895 bits per heavy atom.